The first-order chi connectivity index (χ1) is 31.3. The number of benzene rings is 3. The van der Waals surface area contributed by atoms with Crippen LogP contribution in [0.2, 0.25) is 15.1 Å². The summed E-state index contributed by atoms with van der Waals surface area (Å²) in [7, 11) is -11.0. The largest absolute Gasteiger partial charge is 0.478 e. The van der Waals surface area contributed by atoms with Gasteiger partial charge in [-0.05, 0) is 91.5 Å². The van der Waals surface area contributed by atoms with Crippen molar-refractivity contribution in [2.24, 2.45) is 0 Å². The molecule has 0 unspecified atom stereocenters. The minimum Gasteiger partial charge on any atom is -0.478 e. The van der Waals surface area contributed by atoms with Gasteiger partial charge in [-0.3, -0.25) is 33.7 Å². The number of nitrogens with two attached hydrogens (primary N) is 1. The Bertz CT molecular complexity index is 2760. The van der Waals surface area contributed by atoms with Crippen LogP contribution in [0.4, 0.5) is 41.6 Å². The molecule has 0 atom stereocenters. The lowest BCUT2D eigenvalue weighted by atomic mass is 10.1. The Morgan fingerprint density at radius 3 is 1.29 bits per heavy atom. The molecule has 0 fully saturated rings. The predicted octanol–water partition coefficient (Wildman–Crippen LogP) is 9.92. The Kier molecular flexibility index (Phi) is 25.1. The molecule has 7 N–H and O–H groups in total. The molecule has 0 aliphatic carbocycles. The number of carboxylic acids is 1. The SMILES string of the molecule is C.CCCS(=O)(=O)Nc1ccc(Cl)c(C(=O)Cl)c1F.CCCS(=O)(=O)Nc1ccc(Cl)c(C(=O)Nc2cccnc2)c1F.CCCS(=O)(=O)Nc1ccc(Cl)c(C(=O)O)c1F.Nc1cccnc1. The Balaban J connectivity index is 0.000000477. The van der Waals surface area contributed by atoms with Crippen LogP contribution >= 0.6 is 46.4 Å². The van der Waals surface area contributed by atoms with Crippen LogP contribution in [-0.4, -0.2) is 74.7 Å². The molecule has 17 nitrogen and oxygen atoms in total. The summed E-state index contributed by atoms with van der Waals surface area (Å²) >= 11 is 22.2. The van der Waals surface area contributed by atoms with Crippen molar-refractivity contribution in [2.45, 2.75) is 47.5 Å². The average Bonchev–Trinajstić information content (AvgIpc) is 3.22. The zero-order valence-electron chi connectivity index (χ0n) is 35.3. The van der Waals surface area contributed by atoms with Gasteiger partial charge in [0.25, 0.3) is 11.1 Å². The minimum absolute atomic E-state index is 0. The van der Waals surface area contributed by atoms with Crippen molar-refractivity contribution in [1.82, 2.24) is 9.97 Å². The normalized spacial score (nSPS) is 10.8. The lowest BCUT2D eigenvalue weighted by molar-refractivity contribution is 0.0691. The van der Waals surface area contributed by atoms with Crippen molar-refractivity contribution >= 4 is 122 Å². The number of amides is 1. The van der Waals surface area contributed by atoms with E-state index in [1.54, 1.807) is 57.4 Å². The number of halogens is 7. The summed E-state index contributed by atoms with van der Waals surface area (Å²) in [6, 6.07) is 13.7. The second-order valence-electron chi connectivity index (χ2n) is 13.2. The molecule has 0 saturated carbocycles. The molecule has 2 aromatic heterocycles. The Morgan fingerprint density at radius 1 is 0.603 bits per heavy atom. The number of pyridine rings is 2. The predicted molar refractivity (Wildman–Crippen MR) is 262 cm³/mol. The lowest BCUT2D eigenvalue weighted by Crippen LogP contribution is -2.20. The lowest BCUT2D eigenvalue weighted by Gasteiger charge is -2.12. The van der Waals surface area contributed by atoms with Crippen LogP contribution in [0.1, 0.15) is 78.5 Å². The van der Waals surface area contributed by atoms with Crippen LogP contribution in [0, 0.1) is 17.5 Å². The van der Waals surface area contributed by atoms with Crippen molar-refractivity contribution in [2.75, 3.05) is 42.5 Å². The third-order valence-corrected chi connectivity index (χ3v) is 13.3. The van der Waals surface area contributed by atoms with Gasteiger partial charge < -0.3 is 16.2 Å². The molecule has 0 radical (unpaired) electrons. The first-order valence-electron chi connectivity index (χ1n) is 19.1. The Labute approximate surface area is 412 Å². The number of hydrogen-bond donors (Lipinski definition) is 6. The van der Waals surface area contributed by atoms with Gasteiger partial charge in [0.05, 0.1) is 78.1 Å². The van der Waals surface area contributed by atoms with E-state index in [1.165, 1.54) is 30.6 Å². The number of aromatic nitrogens is 2. The summed E-state index contributed by atoms with van der Waals surface area (Å²) in [5.74, 6) is -6.18. The second kappa shape index (κ2) is 28.2. The standard InChI is InChI=1S/C15H15ClFN3O3S.C10H10Cl2FNO3S.C10H11ClFNO4S.C5H6N2.CH4/c1-2-8-24(22,23)20-12-6-5-11(16)13(14(12)17)15(21)19-10-4-3-7-18-9-10;1-2-5-18(16,17)14-7-4-3-6(11)8(9(7)13)10(12)15;1-2-5-18(16,17)13-7-4-3-6(11)8(9(7)12)10(14)15;6-5-2-1-3-7-4-5;/h3-7,9,20H,2,8H2,1H3,(H,19,21);3-4,14H,2,5H2,1H3;3-4,13H,2,5H2,1H3,(H,14,15);1-4H,6H2;1H4. The van der Waals surface area contributed by atoms with Crippen LogP contribution < -0.4 is 25.2 Å². The van der Waals surface area contributed by atoms with E-state index in [9.17, 15) is 52.8 Å². The van der Waals surface area contributed by atoms with Gasteiger partial charge in [0.15, 0.2) is 17.5 Å². The Hall–Kier alpha value is -5.43. The molecule has 27 heteroatoms. The maximum Gasteiger partial charge on any atom is 0.340 e. The number of sulfonamides is 3. The summed E-state index contributed by atoms with van der Waals surface area (Å²) in [4.78, 5) is 41.6. The van der Waals surface area contributed by atoms with E-state index >= 15 is 0 Å². The smallest absolute Gasteiger partial charge is 0.340 e. The van der Waals surface area contributed by atoms with Gasteiger partial charge in [0, 0.05) is 18.6 Å². The molecule has 372 valence electrons. The summed E-state index contributed by atoms with van der Waals surface area (Å²) in [6.07, 6.45) is 7.32. The number of carboxylic acid groups (broad SMARTS) is 1. The molecule has 0 aliphatic rings. The number of nitrogen functional groups attached to an aromatic ring is 1. The summed E-state index contributed by atoms with van der Waals surface area (Å²) in [6.45, 7) is 5.01. The van der Waals surface area contributed by atoms with Crippen LogP contribution in [0.5, 0.6) is 0 Å². The molecule has 5 rings (SSSR count). The molecular weight excluding hydrogens is 1050 g/mol. The van der Waals surface area contributed by atoms with Crippen molar-refractivity contribution in [1.29, 1.82) is 0 Å². The second-order valence-corrected chi connectivity index (χ2v) is 20.3. The quantitative estimate of drug-likeness (QED) is 0.0503. The first kappa shape index (κ1) is 60.6. The van der Waals surface area contributed by atoms with E-state index < -0.39 is 87.0 Å². The Morgan fingerprint density at radius 2 is 0.971 bits per heavy atom. The van der Waals surface area contributed by atoms with Crippen molar-refractivity contribution < 1.29 is 57.9 Å². The number of hydrogen-bond acceptors (Lipinski definition) is 12. The molecule has 2 heterocycles. The van der Waals surface area contributed by atoms with Crippen LogP contribution in [0.15, 0.2) is 85.5 Å². The highest BCUT2D eigenvalue weighted by atomic mass is 35.5. The topological polar surface area (TPSA) is 274 Å². The third-order valence-electron chi connectivity index (χ3n) is 7.73. The maximum atomic E-state index is 14.6. The average molecular weight is 1090 g/mol. The highest BCUT2D eigenvalue weighted by Crippen LogP contribution is 2.30. The van der Waals surface area contributed by atoms with Crippen LogP contribution in [-0.2, 0) is 30.1 Å². The van der Waals surface area contributed by atoms with Gasteiger partial charge in [-0.1, -0.05) is 63.0 Å². The molecule has 5 aromatic rings. The zero-order chi connectivity index (χ0) is 50.7. The van der Waals surface area contributed by atoms with Crippen LogP contribution in [0.25, 0.3) is 0 Å². The number of anilines is 5. The highest BCUT2D eigenvalue weighted by Gasteiger charge is 2.24. The number of nitrogens with one attached hydrogen (secondary N) is 4. The molecule has 0 aliphatic heterocycles. The van der Waals surface area contributed by atoms with Gasteiger partial charge in [0.1, 0.15) is 5.56 Å². The molecule has 68 heavy (non-hydrogen) atoms. The van der Waals surface area contributed by atoms with E-state index in [0.717, 1.165) is 18.2 Å². The zero-order valence-corrected chi connectivity index (χ0v) is 40.8. The van der Waals surface area contributed by atoms with E-state index in [1.807, 2.05) is 9.44 Å². The molecular formula is C41H46Cl4F3N7O10S3. The minimum atomic E-state index is -3.70. The summed E-state index contributed by atoms with van der Waals surface area (Å²) < 4.78 is 118. The molecule has 0 saturated heterocycles. The van der Waals surface area contributed by atoms with Gasteiger partial charge in [0.2, 0.25) is 30.1 Å². The number of aromatic carboxylic acids is 1. The van der Waals surface area contributed by atoms with Gasteiger partial charge in [-0.15, -0.1) is 0 Å². The fourth-order valence-corrected chi connectivity index (χ4v) is 9.27. The first-order valence-corrected chi connectivity index (χ1v) is 25.5. The van der Waals surface area contributed by atoms with E-state index in [4.69, 9.17) is 57.2 Å². The number of carbonyl (C=O) groups is 3. The molecule has 0 spiro atoms. The van der Waals surface area contributed by atoms with Gasteiger partial charge >= 0.3 is 5.97 Å². The molecule has 1 amide bonds. The maximum absolute atomic E-state index is 14.6. The van der Waals surface area contributed by atoms with Crippen LogP contribution in [0.3, 0.4) is 0 Å². The summed E-state index contributed by atoms with van der Waals surface area (Å²) in [5.41, 5.74) is 3.51. The molecule has 0 bridgehead atoms. The summed E-state index contributed by atoms with van der Waals surface area (Å²) in [5, 5.41) is 9.53. The number of rotatable bonds is 16. The number of carbonyl (C=O) groups excluding carboxylic acids is 2. The van der Waals surface area contributed by atoms with Gasteiger partial charge in [-0.2, -0.15) is 0 Å². The monoisotopic (exact) mass is 1090 g/mol. The van der Waals surface area contributed by atoms with E-state index in [0.29, 0.717) is 30.6 Å². The number of nitrogens with zero attached hydrogens (tertiary/aromatic N) is 2. The van der Waals surface area contributed by atoms with E-state index in [-0.39, 0.29) is 51.1 Å². The van der Waals surface area contributed by atoms with Crippen molar-refractivity contribution in [3.63, 3.8) is 0 Å². The van der Waals surface area contributed by atoms with E-state index in [2.05, 4.69) is 20.0 Å². The van der Waals surface area contributed by atoms with Crippen molar-refractivity contribution in [3.8, 4) is 0 Å². The molecule has 3 aromatic carbocycles. The van der Waals surface area contributed by atoms with Crippen molar-refractivity contribution in [3.05, 3.63) is 135 Å². The fourth-order valence-electron chi connectivity index (χ4n) is 4.95. The third kappa shape index (κ3) is 19.7. The highest BCUT2D eigenvalue weighted by molar-refractivity contribution is 7.93. The fraction of sp³-hybridized carbons (Fsp3) is 0.244. The van der Waals surface area contributed by atoms with Gasteiger partial charge in [-0.25, -0.2) is 43.2 Å².